The number of rotatable bonds is 5. The summed E-state index contributed by atoms with van der Waals surface area (Å²) >= 11 is 1.83. The molecule has 1 aliphatic carbocycles. The Kier molecular flexibility index (Phi) is 4.24. The van der Waals surface area contributed by atoms with Gasteiger partial charge in [0.1, 0.15) is 5.76 Å². The molecule has 0 amide bonds. The molecule has 0 aromatic carbocycles. The maximum atomic E-state index is 5.56. The van der Waals surface area contributed by atoms with Gasteiger partial charge >= 0.3 is 0 Å². The first kappa shape index (κ1) is 13.9. The Morgan fingerprint density at radius 1 is 1.45 bits per heavy atom. The average Bonchev–Trinajstić information content (AvgIpc) is 3.09. The van der Waals surface area contributed by atoms with Gasteiger partial charge in [0, 0.05) is 29.4 Å². The van der Waals surface area contributed by atoms with Gasteiger partial charge < -0.3 is 14.6 Å². The minimum Gasteiger partial charge on any atom is -0.469 e. The predicted molar refractivity (Wildman–Crippen MR) is 83.1 cm³/mol. The molecule has 0 spiro atoms. The second-order valence-electron chi connectivity index (χ2n) is 5.65. The molecule has 2 aromatic heterocycles. The molecule has 108 valence electrons. The molecule has 0 saturated carbocycles. The molecule has 2 unspecified atom stereocenters. The lowest BCUT2D eigenvalue weighted by atomic mass is 9.93. The van der Waals surface area contributed by atoms with Crippen LogP contribution in [0, 0.1) is 0 Å². The SMILES string of the molecule is CN(C)C(CNC1CCCc2occc21)c1cccs1. The Bertz CT molecular complexity index is 532. The molecule has 2 atom stereocenters. The van der Waals surface area contributed by atoms with E-state index in [2.05, 4.69) is 47.9 Å². The molecule has 3 rings (SSSR count). The van der Waals surface area contributed by atoms with Gasteiger partial charge in [0.15, 0.2) is 0 Å². The highest BCUT2D eigenvalue weighted by Gasteiger charge is 2.24. The Morgan fingerprint density at radius 3 is 3.10 bits per heavy atom. The lowest BCUT2D eigenvalue weighted by Crippen LogP contribution is -2.33. The zero-order valence-corrected chi connectivity index (χ0v) is 13.0. The van der Waals surface area contributed by atoms with Crippen LogP contribution < -0.4 is 5.32 Å². The van der Waals surface area contributed by atoms with Crippen LogP contribution in [0.25, 0.3) is 0 Å². The highest BCUT2D eigenvalue weighted by molar-refractivity contribution is 7.10. The Balaban J connectivity index is 1.67. The van der Waals surface area contributed by atoms with Crippen molar-refractivity contribution in [3.8, 4) is 0 Å². The summed E-state index contributed by atoms with van der Waals surface area (Å²) in [7, 11) is 4.30. The molecule has 0 aliphatic heterocycles. The van der Waals surface area contributed by atoms with Crippen molar-refractivity contribution in [1.82, 2.24) is 10.2 Å². The number of hydrogen-bond acceptors (Lipinski definition) is 4. The Morgan fingerprint density at radius 2 is 2.35 bits per heavy atom. The second-order valence-corrected chi connectivity index (χ2v) is 6.63. The smallest absolute Gasteiger partial charge is 0.108 e. The van der Waals surface area contributed by atoms with Gasteiger partial charge in [-0.05, 0) is 44.4 Å². The van der Waals surface area contributed by atoms with Gasteiger partial charge in [-0.3, -0.25) is 0 Å². The van der Waals surface area contributed by atoms with Crippen molar-refractivity contribution in [3.63, 3.8) is 0 Å². The first-order valence-corrected chi connectivity index (χ1v) is 8.13. The van der Waals surface area contributed by atoms with Crippen LogP contribution in [0.4, 0.5) is 0 Å². The lowest BCUT2D eigenvalue weighted by Gasteiger charge is -2.28. The van der Waals surface area contributed by atoms with Gasteiger partial charge in [-0.1, -0.05) is 6.07 Å². The number of fused-ring (bicyclic) bond motifs is 1. The maximum absolute atomic E-state index is 5.56. The van der Waals surface area contributed by atoms with E-state index in [4.69, 9.17) is 4.42 Å². The third kappa shape index (κ3) is 2.82. The largest absolute Gasteiger partial charge is 0.469 e. The van der Waals surface area contributed by atoms with Crippen LogP contribution >= 0.6 is 11.3 Å². The summed E-state index contributed by atoms with van der Waals surface area (Å²) in [6.45, 7) is 0.975. The highest BCUT2D eigenvalue weighted by Crippen LogP contribution is 2.31. The van der Waals surface area contributed by atoms with Gasteiger partial charge in [0.2, 0.25) is 0 Å². The predicted octanol–water partition coefficient (Wildman–Crippen LogP) is 3.61. The molecule has 0 saturated heterocycles. The van der Waals surface area contributed by atoms with E-state index in [0.717, 1.165) is 13.0 Å². The molecular weight excluding hydrogens is 268 g/mol. The van der Waals surface area contributed by atoms with E-state index in [9.17, 15) is 0 Å². The van der Waals surface area contributed by atoms with E-state index >= 15 is 0 Å². The Labute approximate surface area is 124 Å². The quantitative estimate of drug-likeness (QED) is 0.912. The zero-order chi connectivity index (χ0) is 13.9. The van der Waals surface area contributed by atoms with Crippen LogP contribution in [0.3, 0.4) is 0 Å². The molecular formula is C16H22N2OS. The first-order chi connectivity index (χ1) is 9.75. The minimum atomic E-state index is 0.437. The zero-order valence-electron chi connectivity index (χ0n) is 12.1. The molecule has 0 fully saturated rings. The van der Waals surface area contributed by atoms with E-state index in [1.165, 1.54) is 29.0 Å². The second kappa shape index (κ2) is 6.12. The van der Waals surface area contributed by atoms with Crippen molar-refractivity contribution in [3.05, 3.63) is 46.0 Å². The number of nitrogens with one attached hydrogen (secondary N) is 1. The molecule has 1 N–H and O–H groups in total. The van der Waals surface area contributed by atoms with Crippen molar-refractivity contribution in [2.75, 3.05) is 20.6 Å². The van der Waals surface area contributed by atoms with E-state index in [1.807, 2.05) is 17.6 Å². The molecule has 2 heterocycles. The number of hydrogen-bond donors (Lipinski definition) is 1. The monoisotopic (exact) mass is 290 g/mol. The lowest BCUT2D eigenvalue weighted by molar-refractivity contribution is 0.277. The van der Waals surface area contributed by atoms with Crippen LogP contribution in [-0.4, -0.2) is 25.5 Å². The number of thiophene rings is 1. The standard InChI is InChI=1S/C16H22N2OS/c1-18(2)14(16-7-4-10-20-16)11-17-13-5-3-6-15-12(13)8-9-19-15/h4,7-10,13-14,17H,3,5-6,11H2,1-2H3. The van der Waals surface area contributed by atoms with Gasteiger partial charge in [-0.15, -0.1) is 11.3 Å². The fourth-order valence-electron chi connectivity index (χ4n) is 2.97. The fraction of sp³-hybridized carbons (Fsp3) is 0.500. The van der Waals surface area contributed by atoms with Crippen molar-refractivity contribution in [2.45, 2.75) is 31.3 Å². The van der Waals surface area contributed by atoms with Gasteiger partial charge in [-0.2, -0.15) is 0 Å². The molecule has 4 heteroatoms. The van der Waals surface area contributed by atoms with E-state index < -0.39 is 0 Å². The van der Waals surface area contributed by atoms with Crippen LogP contribution in [0.1, 0.15) is 41.1 Å². The fourth-order valence-corrected chi connectivity index (χ4v) is 3.89. The number of likely N-dealkylation sites (N-methyl/N-ethyl adjacent to an activating group) is 1. The molecule has 2 aromatic rings. The molecule has 0 bridgehead atoms. The van der Waals surface area contributed by atoms with Crippen LogP contribution in [0.15, 0.2) is 34.3 Å². The molecule has 0 radical (unpaired) electrons. The van der Waals surface area contributed by atoms with Crippen molar-refractivity contribution in [2.24, 2.45) is 0 Å². The normalized spacial score (nSPS) is 20.1. The summed E-state index contributed by atoms with van der Waals surface area (Å²) < 4.78 is 5.56. The highest BCUT2D eigenvalue weighted by atomic mass is 32.1. The topological polar surface area (TPSA) is 28.4 Å². The summed E-state index contributed by atoms with van der Waals surface area (Å²) in [6, 6.07) is 7.36. The Hall–Kier alpha value is -1.10. The van der Waals surface area contributed by atoms with Gasteiger partial charge in [0.05, 0.1) is 12.3 Å². The van der Waals surface area contributed by atoms with E-state index in [1.54, 1.807) is 0 Å². The molecule has 3 nitrogen and oxygen atoms in total. The summed E-state index contributed by atoms with van der Waals surface area (Å²) in [5, 5.41) is 5.89. The van der Waals surface area contributed by atoms with Crippen LogP contribution in [-0.2, 0) is 6.42 Å². The summed E-state index contributed by atoms with van der Waals surface area (Å²) in [6.07, 6.45) is 5.33. The third-order valence-corrected chi connectivity index (χ3v) is 5.08. The molecule has 20 heavy (non-hydrogen) atoms. The summed E-state index contributed by atoms with van der Waals surface area (Å²) in [5.74, 6) is 1.17. The first-order valence-electron chi connectivity index (χ1n) is 7.25. The van der Waals surface area contributed by atoms with Crippen molar-refractivity contribution >= 4 is 11.3 Å². The van der Waals surface area contributed by atoms with Crippen molar-refractivity contribution in [1.29, 1.82) is 0 Å². The van der Waals surface area contributed by atoms with Crippen molar-refractivity contribution < 1.29 is 4.42 Å². The van der Waals surface area contributed by atoms with E-state index in [-0.39, 0.29) is 0 Å². The number of nitrogens with zero attached hydrogens (tertiary/aromatic N) is 1. The van der Waals surface area contributed by atoms with Gasteiger partial charge in [-0.25, -0.2) is 0 Å². The number of aryl methyl sites for hydroxylation is 1. The van der Waals surface area contributed by atoms with Crippen LogP contribution in [0.5, 0.6) is 0 Å². The minimum absolute atomic E-state index is 0.437. The van der Waals surface area contributed by atoms with Gasteiger partial charge in [0.25, 0.3) is 0 Å². The average molecular weight is 290 g/mol. The molecule has 1 aliphatic rings. The number of furan rings is 1. The third-order valence-electron chi connectivity index (χ3n) is 4.10. The summed E-state index contributed by atoms with van der Waals surface area (Å²) in [4.78, 5) is 3.71. The maximum Gasteiger partial charge on any atom is 0.108 e. The summed E-state index contributed by atoms with van der Waals surface area (Å²) in [5.41, 5.74) is 1.36. The van der Waals surface area contributed by atoms with E-state index in [0.29, 0.717) is 12.1 Å². The van der Waals surface area contributed by atoms with Crippen LogP contribution in [0.2, 0.25) is 0 Å².